The Kier molecular flexibility index (Phi) is 7.22. The number of benzene rings is 2. The molecule has 138 valence electrons. The van der Waals surface area contributed by atoms with Gasteiger partial charge in [0.05, 0.1) is 0 Å². The monoisotopic (exact) mass is 372 g/mol. The summed E-state index contributed by atoms with van der Waals surface area (Å²) < 4.78 is 0. The van der Waals surface area contributed by atoms with Gasteiger partial charge in [0.25, 0.3) is 0 Å². The third kappa shape index (κ3) is 5.60. The number of carbonyl (C=O) groups excluding carboxylic acids is 2. The maximum absolute atomic E-state index is 12.8. The zero-order valence-electron chi connectivity index (χ0n) is 15.5. The fraction of sp³-hybridized carbons (Fsp3) is 0.333. The highest BCUT2D eigenvalue weighted by atomic mass is 35.5. The Morgan fingerprint density at radius 1 is 1.04 bits per heavy atom. The molecular weight excluding hydrogens is 348 g/mol. The molecule has 0 aliphatic carbocycles. The number of hydrogen-bond donors (Lipinski definition) is 1. The number of nitrogens with one attached hydrogen (secondary N) is 1. The molecule has 0 aliphatic heterocycles. The van der Waals surface area contributed by atoms with E-state index in [2.05, 4.69) is 5.32 Å². The molecule has 2 amide bonds. The van der Waals surface area contributed by atoms with Crippen molar-refractivity contribution in [1.29, 1.82) is 0 Å². The van der Waals surface area contributed by atoms with Crippen molar-refractivity contribution in [2.24, 2.45) is 0 Å². The topological polar surface area (TPSA) is 49.4 Å². The average molecular weight is 373 g/mol. The number of amides is 2. The number of carbonyl (C=O) groups is 2. The third-order valence-electron chi connectivity index (χ3n) is 4.43. The summed E-state index contributed by atoms with van der Waals surface area (Å²) in [5.41, 5.74) is 3.24. The van der Waals surface area contributed by atoms with Gasteiger partial charge in [0, 0.05) is 25.0 Å². The van der Waals surface area contributed by atoms with Crippen molar-refractivity contribution in [3.8, 4) is 0 Å². The van der Waals surface area contributed by atoms with Crippen LogP contribution in [0.25, 0.3) is 0 Å². The predicted octanol–water partition coefficient (Wildman–Crippen LogP) is 3.74. The molecule has 0 spiro atoms. The lowest BCUT2D eigenvalue weighted by atomic mass is 10.1. The molecule has 0 heterocycles. The summed E-state index contributed by atoms with van der Waals surface area (Å²) in [6.07, 6.45) is 1.01. The van der Waals surface area contributed by atoms with Gasteiger partial charge in [-0.2, -0.15) is 0 Å². The molecule has 0 fully saturated rings. The van der Waals surface area contributed by atoms with Gasteiger partial charge in [-0.15, -0.1) is 0 Å². The van der Waals surface area contributed by atoms with Crippen molar-refractivity contribution in [3.05, 3.63) is 70.2 Å². The first-order chi connectivity index (χ1) is 12.4. The highest BCUT2D eigenvalue weighted by molar-refractivity contribution is 6.30. The van der Waals surface area contributed by atoms with Gasteiger partial charge in [0.15, 0.2) is 0 Å². The Hall–Kier alpha value is -2.33. The van der Waals surface area contributed by atoms with Gasteiger partial charge in [-0.05, 0) is 43.5 Å². The number of aryl methyl sites for hydroxylation is 2. The summed E-state index contributed by atoms with van der Waals surface area (Å²) in [5, 5.41) is 3.26. The number of nitrogens with zero attached hydrogens (tertiary/aromatic N) is 1. The van der Waals surface area contributed by atoms with Gasteiger partial charge < -0.3 is 10.2 Å². The van der Waals surface area contributed by atoms with Crippen LogP contribution in [0.15, 0.2) is 48.5 Å². The van der Waals surface area contributed by atoms with Crippen molar-refractivity contribution < 1.29 is 9.59 Å². The second kappa shape index (κ2) is 9.39. The highest BCUT2D eigenvalue weighted by Gasteiger charge is 2.25. The van der Waals surface area contributed by atoms with Crippen molar-refractivity contribution >= 4 is 23.4 Å². The summed E-state index contributed by atoms with van der Waals surface area (Å²) in [4.78, 5) is 26.5. The third-order valence-corrected chi connectivity index (χ3v) is 4.68. The Balaban J connectivity index is 2.10. The number of hydrogen-bond acceptors (Lipinski definition) is 2. The van der Waals surface area contributed by atoms with Crippen LogP contribution >= 0.6 is 11.6 Å². The Morgan fingerprint density at radius 3 is 2.19 bits per heavy atom. The lowest BCUT2D eigenvalue weighted by molar-refractivity contribution is -0.140. The lowest BCUT2D eigenvalue weighted by Crippen LogP contribution is -2.46. The Bertz CT molecular complexity index is 742. The first kappa shape index (κ1) is 20.0. The van der Waals surface area contributed by atoms with Crippen molar-refractivity contribution in [3.63, 3.8) is 0 Å². The second-order valence-electron chi connectivity index (χ2n) is 6.42. The smallest absolute Gasteiger partial charge is 0.242 e. The van der Waals surface area contributed by atoms with Gasteiger partial charge in [0.1, 0.15) is 6.04 Å². The van der Waals surface area contributed by atoms with Crippen LogP contribution < -0.4 is 5.32 Å². The average Bonchev–Trinajstić information content (AvgIpc) is 2.65. The molecular formula is C21H25ClN2O2. The Morgan fingerprint density at radius 2 is 1.62 bits per heavy atom. The van der Waals surface area contributed by atoms with Crippen LogP contribution in [0.4, 0.5) is 0 Å². The fourth-order valence-corrected chi connectivity index (χ4v) is 2.85. The van der Waals surface area contributed by atoms with E-state index in [1.165, 1.54) is 5.56 Å². The predicted molar refractivity (Wildman–Crippen MR) is 105 cm³/mol. The second-order valence-corrected chi connectivity index (χ2v) is 6.86. The van der Waals surface area contributed by atoms with E-state index in [9.17, 15) is 9.59 Å². The standard InChI is InChI=1S/C21H25ClN2O2/c1-15-4-6-17(7-5-15)10-13-20(25)24(16(2)21(26)23-3)14-18-8-11-19(22)12-9-18/h4-9,11-12,16H,10,13-14H2,1-3H3,(H,23,26)/t16-/m0/s1. The molecule has 0 aliphatic rings. The number of rotatable bonds is 7. The largest absolute Gasteiger partial charge is 0.357 e. The molecule has 0 radical (unpaired) electrons. The summed E-state index contributed by atoms with van der Waals surface area (Å²) in [6, 6.07) is 14.9. The van der Waals surface area contributed by atoms with Crippen molar-refractivity contribution in [2.75, 3.05) is 7.05 Å². The van der Waals surface area contributed by atoms with Gasteiger partial charge in [-0.25, -0.2) is 0 Å². The van der Waals surface area contributed by atoms with E-state index in [1.54, 1.807) is 31.0 Å². The quantitative estimate of drug-likeness (QED) is 0.804. The van der Waals surface area contributed by atoms with E-state index >= 15 is 0 Å². The Labute approximate surface area is 160 Å². The SMILES string of the molecule is CNC(=O)[C@H](C)N(Cc1ccc(Cl)cc1)C(=O)CCc1ccc(C)cc1. The molecule has 2 aromatic carbocycles. The van der Waals surface area contributed by atoms with E-state index in [4.69, 9.17) is 11.6 Å². The van der Waals surface area contributed by atoms with Crippen LogP contribution in [0.2, 0.25) is 5.02 Å². The van der Waals surface area contributed by atoms with E-state index in [0.717, 1.165) is 11.1 Å². The molecule has 0 unspecified atom stereocenters. The molecule has 1 N–H and O–H groups in total. The van der Waals surface area contributed by atoms with Crippen LogP contribution in [0.1, 0.15) is 30.0 Å². The minimum Gasteiger partial charge on any atom is -0.357 e. The van der Waals surface area contributed by atoms with Crippen LogP contribution in [-0.4, -0.2) is 29.8 Å². The van der Waals surface area contributed by atoms with Crippen LogP contribution in [0.3, 0.4) is 0 Å². The maximum Gasteiger partial charge on any atom is 0.242 e. The van der Waals surface area contributed by atoms with E-state index in [1.807, 2.05) is 43.3 Å². The normalized spacial score (nSPS) is 11.7. The fourth-order valence-electron chi connectivity index (χ4n) is 2.73. The molecule has 0 bridgehead atoms. The minimum atomic E-state index is -0.541. The van der Waals surface area contributed by atoms with Gasteiger partial charge in [0.2, 0.25) is 11.8 Å². The van der Waals surface area contributed by atoms with Gasteiger partial charge in [-0.3, -0.25) is 9.59 Å². The molecule has 0 saturated carbocycles. The van der Waals surface area contributed by atoms with Crippen LogP contribution in [-0.2, 0) is 22.6 Å². The van der Waals surface area contributed by atoms with Crippen LogP contribution in [0, 0.1) is 6.92 Å². The maximum atomic E-state index is 12.8. The van der Waals surface area contributed by atoms with Gasteiger partial charge in [-0.1, -0.05) is 53.6 Å². The van der Waals surface area contributed by atoms with Crippen molar-refractivity contribution in [2.45, 2.75) is 39.3 Å². The van der Waals surface area contributed by atoms with E-state index < -0.39 is 6.04 Å². The zero-order valence-corrected chi connectivity index (χ0v) is 16.2. The molecule has 26 heavy (non-hydrogen) atoms. The van der Waals surface area contributed by atoms with E-state index in [0.29, 0.717) is 24.4 Å². The molecule has 0 saturated heterocycles. The first-order valence-electron chi connectivity index (χ1n) is 8.71. The lowest BCUT2D eigenvalue weighted by Gasteiger charge is -2.28. The first-order valence-corrected chi connectivity index (χ1v) is 9.09. The summed E-state index contributed by atoms with van der Waals surface area (Å²) in [5.74, 6) is -0.223. The molecule has 4 nitrogen and oxygen atoms in total. The highest BCUT2D eigenvalue weighted by Crippen LogP contribution is 2.15. The summed E-state index contributed by atoms with van der Waals surface area (Å²) in [6.45, 7) is 4.16. The van der Waals surface area contributed by atoms with Gasteiger partial charge >= 0.3 is 0 Å². The number of likely N-dealkylation sites (N-methyl/N-ethyl adjacent to an activating group) is 1. The van der Waals surface area contributed by atoms with Crippen LogP contribution in [0.5, 0.6) is 0 Å². The van der Waals surface area contributed by atoms with Crippen molar-refractivity contribution in [1.82, 2.24) is 10.2 Å². The summed E-state index contributed by atoms with van der Waals surface area (Å²) >= 11 is 5.93. The zero-order chi connectivity index (χ0) is 19.1. The molecule has 5 heteroatoms. The molecule has 1 atom stereocenters. The van der Waals surface area contributed by atoms with E-state index in [-0.39, 0.29) is 11.8 Å². The number of halogens is 1. The minimum absolute atomic E-state index is 0.0448. The molecule has 0 aromatic heterocycles. The molecule has 2 aromatic rings. The summed E-state index contributed by atoms with van der Waals surface area (Å²) in [7, 11) is 1.58. The molecule has 2 rings (SSSR count).